The summed E-state index contributed by atoms with van der Waals surface area (Å²) in [6.45, 7) is 2.17. The van der Waals surface area contributed by atoms with Gasteiger partial charge in [-0.1, -0.05) is 13.0 Å². The van der Waals surface area contributed by atoms with Gasteiger partial charge in [-0.3, -0.25) is 9.52 Å². The average molecular weight is 477 g/mol. The van der Waals surface area contributed by atoms with Gasteiger partial charge >= 0.3 is 6.18 Å². The van der Waals surface area contributed by atoms with E-state index in [4.69, 9.17) is 0 Å². The van der Waals surface area contributed by atoms with E-state index in [1.54, 1.807) is 13.0 Å². The third-order valence-corrected chi connectivity index (χ3v) is 6.70. The third-order valence-electron chi connectivity index (χ3n) is 4.36. The van der Waals surface area contributed by atoms with Crippen molar-refractivity contribution in [3.63, 3.8) is 0 Å². The number of halogens is 4. The quantitative estimate of drug-likeness (QED) is 0.702. The Kier molecular flexibility index (Phi) is 5.46. The SMILES string of the molecule is CCC(=O)N1CCc2cc(Br)c(S(=O)(=O)Nc3cccc(C(F)(F)F)c3)cc21. The second kappa shape index (κ2) is 7.40. The molecule has 1 amide bonds. The molecule has 0 unspecified atom stereocenters. The van der Waals surface area contributed by atoms with E-state index in [1.165, 1.54) is 17.0 Å². The molecule has 28 heavy (non-hydrogen) atoms. The molecule has 3 rings (SSSR count). The first-order chi connectivity index (χ1) is 13.0. The molecule has 0 radical (unpaired) electrons. The molecular formula is C18H16BrF3N2O3S. The minimum absolute atomic E-state index is 0.129. The molecule has 2 aromatic rings. The van der Waals surface area contributed by atoms with Crippen LogP contribution in [0.3, 0.4) is 0 Å². The molecule has 0 spiro atoms. The van der Waals surface area contributed by atoms with Crippen LogP contribution in [-0.2, 0) is 27.4 Å². The number of hydrogen-bond donors (Lipinski definition) is 1. The molecule has 150 valence electrons. The molecule has 2 aromatic carbocycles. The van der Waals surface area contributed by atoms with E-state index in [0.29, 0.717) is 18.7 Å². The van der Waals surface area contributed by atoms with Gasteiger partial charge in [-0.15, -0.1) is 0 Å². The number of sulfonamides is 1. The Bertz CT molecular complexity index is 1040. The number of anilines is 2. The van der Waals surface area contributed by atoms with Gasteiger partial charge in [0.25, 0.3) is 10.0 Å². The van der Waals surface area contributed by atoms with Gasteiger partial charge in [-0.25, -0.2) is 8.42 Å². The van der Waals surface area contributed by atoms with Crippen LogP contribution in [0.15, 0.2) is 45.8 Å². The van der Waals surface area contributed by atoms with Crippen molar-refractivity contribution in [1.82, 2.24) is 0 Å². The normalized spacial score (nSPS) is 14.1. The average Bonchev–Trinajstić information content (AvgIpc) is 3.02. The van der Waals surface area contributed by atoms with Crippen molar-refractivity contribution in [3.8, 4) is 0 Å². The summed E-state index contributed by atoms with van der Waals surface area (Å²) in [4.78, 5) is 13.5. The number of nitrogens with one attached hydrogen (secondary N) is 1. The van der Waals surface area contributed by atoms with Crippen molar-refractivity contribution in [1.29, 1.82) is 0 Å². The zero-order valence-corrected chi connectivity index (χ0v) is 17.1. The minimum atomic E-state index is -4.59. The highest BCUT2D eigenvalue weighted by Crippen LogP contribution is 2.37. The molecule has 1 N–H and O–H groups in total. The fourth-order valence-electron chi connectivity index (χ4n) is 3.01. The van der Waals surface area contributed by atoms with Crippen LogP contribution in [0.1, 0.15) is 24.5 Å². The highest BCUT2D eigenvalue weighted by molar-refractivity contribution is 9.10. The Labute approximate surface area is 168 Å². The van der Waals surface area contributed by atoms with Crippen LogP contribution in [-0.4, -0.2) is 20.9 Å². The topological polar surface area (TPSA) is 66.5 Å². The zero-order valence-electron chi connectivity index (χ0n) is 14.7. The molecular weight excluding hydrogens is 461 g/mol. The number of carbonyl (C=O) groups is 1. The molecule has 5 nitrogen and oxygen atoms in total. The molecule has 0 bridgehead atoms. The summed E-state index contributed by atoms with van der Waals surface area (Å²) in [5, 5.41) is 0. The van der Waals surface area contributed by atoms with Crippen LogP contribution in [0.2, 0.25) is 0 Å². The van der Waals surface area contributed by atoms with E-state index >= 15 is 0 Å². The van der Waals surface area contributed by atoms with E-state index in [0.717, 1.165) is 23.8 Å². The number of carbonyl (C=O) groups excluding carboxylic acids is 1. The lowest BCUT2D eigenvalue weighted by atomic mass is 10.2. The zero-order chi connectivity index (χ0) is 20.7. The van der Waals surface area contributed by atoms with Crippen LogP contribution < -0.4 is 9.62 Å². The van der Waals surface area contributed by atoms with Crippen molar-refractivity contribution < 1.29 is 26.4 Å². The molecule has 1 aliphatic heterocycles. The van der Waals surface area contributed by atoms with Crippen molar-refractivity contribution >= 4 is 43.2 Å². The third kappa shape index (κ3) is 4.02. The highest BCUT2D eigenvalue weighted by atomic mass is 79.9. The second-order valence-electron chi connectivity index (χ2n) is 6.24. The Morgan fingerprint density at radius 3 is 2.61 bits per heavy atom. The lowest BCUT2D eigenvalue weighted by Crippen LogP contribution is -2.28. The van der Waals surface area contributed by atoms with Crippen molar-refractivity contribution in [3.05, 3.63) is 52.0 Å². The van der Waals surface area contributed by atoms with Crippen molar-refractivity contribution in [2.75, 3.05) is 16.2 Å². The molecule has 0 aromatic heterocycles. The molecule has 0 atom stereocenters. The fourth-order valence-corrected chi connectivity index (χ4v) is 5.17. The fraction of sp³-hybridized carbons (Fsp3) is 0.278. The van der Waals surface area contributed by atoms with Crippen LogP contribution in [0.5, 0.6) is 0 Å². The number of alkyl halides is 3. The van der Waals surface area contributed by atoms with E-state index in [-0.39, 0.29) is 27.4 Å². The maximum absolute atomic E-state index is 12.9. The van der Waals surface area contributed by atoms with Gasteiger partial charge in [0.05, 0.1) is 5.56 Å². The predicted octanol–water partition coefficient (Wildman–Crippen LogP) is 4.57. The molecule has 0 saturated heterocycles. The van der Waals surface area contributed by atoms with Gasteiger partial charge in [0, 0.05) is 28.8 Å². The molecule has 1 aliphatic rings. The molecule has 0 fully saturated rings. The van der Waals surface area contributed by atoms with E-state index in [9.17, 15) is 26.4 Å². The Hall–Kier alpha value is -2.07. The van der Waals surface area contributed by atoms with Crippen LogP contribution in [0.25, 0.3) is 0 Å². The predicted molar refractivity (Wildman–Crippen MR) is 103 cm³/mol. The largest absolute Gasteiger partial charge is 0.416 e. The first-order valence-corrected chi connectivity index (χ1v) is 10.6. The van der Waals surface area contributed by atoms with Crippen LogP contribution in [0.4, 0.5) is 24.5 Å². The van der Waals surface area contributed by atoms with Gasteiger partial charge in [-0.2, -0.15) is 13.2 Å². The Balaban J connectivity index is 1.98. The summed E-state index contributed by atoms with van der Waals surface area (Å²) in [6.07, 6.45) is -3.71. The van der Waals surface area contributed by atoms with E-state index in [1.807, 2.05) is 0 Å². The molecule has 0 aliphatic carbocycles. The summed E-state index contributed by atoms with van der Waals surface area (Å²) in [5.74, 6) is -0.129. The number of amides is 1. The number of rotatable bonds is 4. The maximum atomic E-state index is 12.9. The lowest BCUT2D eigenvalue weighted by Gasteiger charge is -2.18. The first kappa shape index (κ1) is 20.7. The maximum Gasteiger partial charge on any atom is 0.416 e. The molecule has 1 heterocycles. The number of fused-ring (bicyclic) bond motifs is 1. The summed E-state index contributed by atoms with van der Waals surface area (Å²) in [5.41, 5.74) is 0.162. The molecule has 10 heteroatoms. The minimum Gasteiger partial charge on any atom is -0.312 e. The van der Waals surface area contributed by atoms with Gasteiger partial charge in [0.15, 0.2) is 0 Å². The molecule has 0 saturated carbocycles. The first-order valence-electron chi connectivity index (χ1n) is 8.36. The second-order valence-corrected chi connectivity index (χ2v) is 8.75. The number of benzene rings is 2. The van der Waals surface area contributed by atoms with Gasteiger partial charge < -0.3 is 4.90 Å². The Morgan fingerprint density at radius 2 is 1.96 bits per heavy atom. The number of nitrogens with zero attached hydrogens (tertiary/aromatic N) is 1. The lowest BCUT2D eigenvalue weighted by molar-refractivity contribution is -0.137. The van der Waals surface area contributed by atoms with E-state index in [2.05, 4.69) is 20.7 Å². The summed E-state index contributed by atoms with van der Waals surface area (Å²) >= 11 is 3.22. The van der Waals surface area contributed by atoms with Gasteiger partial charge in [-0.05, 0) is 58.2 Å². The van der Waals surface area contributed by atoms with Gasteiger partial charge in [0.2, 0.25) is 5.91 Å². The monoisotopic (exact) mass is 476 g/mol. The summed E-state index contributed by atoms with van der Waals surface area (Å²) < 4.78 is 66.7. The summed E-state index contributed by atoms with van der Waals surface area (Å²) in [6, 6.07) is 6.94. The highest BCUT2D eigenvalue weighted by Gasteiger charge is 2.31. The van der Waals surface area contributed by atoms with Gasteiger partial charge in [0.1, 0.15) is 4.90 Å². The summed E-state index contributed by atoms with van der Waals surface area (Å²) in [7, 11) is -4.19. The number of hydrogen-bond acceptors (Lipinski definition) is 3. The smallest absolute Gasteiger partial charge is 0.312 e. The van der Waals surface area contributed by atoms with Crippen molar-refractivity contribution in [2.45, 2.75) is 30.8 Å². The standard InChI is InChI=1S/C18H16BrF3N2O3S/c1-2-17(25)24-7-6-11-8-14(19)16(10-15(11)24)28(26,27)23-13-5-3-4-12(9-13)18(20,21)22/h3-5,8-10,23H,2,6-7H2,1H3. The van der Waals surface area contributed by atoms with Crippen LogP contribution >= 0.6 is 15.9 Å². The van der Waals surface area contributed by atoms with E-state index < -0.39 is 21.8 Å². The van der Waals surface area contributed by atoms with Crippen LogP contribution in [0, 0.1) is 0 Å². The van der Waals surface area contributed by atoms with Crippen molar-refractivity contribution in [2.24, 2.45) is 0 Å². The Morgan fingerprint density at radius 1 is 1.25 bits per heavy atom.